The average molecular weight is 389 g/mol. The summed E-state index contributed by atoms with van der Waals surface area (Å²) in [6.45, 7) is 0. The van der Waals surface area contributed by atoms with Crippen LogP contribution in [0.1, 0.15) is 10.4 Å². The number of esters is 1. The molecule has 4 heteroatoms. The predicted octanol–water partition coefficient (Wildman–Crippen LogP) is 4.29. The highest BCUT2D eigenvalue weighted by atomic mass is 127. The van der Waals surface area contributed by atoms with Gasteiger partial charge in [-0.2, -0.15) is 0 Å². The van der Waals surface area contributed by atoms with Gasteiger partial charge in [0.2, 0.25) is 0 Å². The molecular formula is C17H12INO2. The number of ether oxygens (including phenoxy) is 1. The molecule has 104 valence electrons. The smallest absolute Gasteiger partial charge is 0.338 e. The molecule has 0 aliphatic heterocycles. The number of nitrogens with zero attached hydrogens (tertiary/aromatic N) is 1. The Morgan fingerprint density at radius 1 is 1.10 bits per heavy atom. The van der Waals surface area contributed by atoms with Gasteiger partial charge in [-0.05, 0) is 46.9 Å². The van der Waals surface area contributed by atoms with E-state index in [1.54, 1.807) is 6.07 Å². The number of para-hydroxylation sites is 1. The molecule has 0 saturated heterocycles. The van der Waals surface area contributed by atoms with Gasteiger partial charge in [-0.15, -0.1) is 0 Å². The first kappa shape index (κ1) is 14.0. The number of halogens is 1. The molecule has 1 heterocycles. The molecular weight excluding hydrogens is 377 g/mol. The quantitative estimate of drug-likeness (QED) is 0.485. The van der Waals surface area contributed by atoms with Gasteiger partial charge >= 0.3 is 5.97 Å². The van der Waals surface area contributed by atoms with Crippen LogP contribution in [-0.4, -0.2) is 18.1 Å². The minimum absolute atomic E-state index is 0.347. The Morgan fingerprint density at radius 2 is 1.81 bits per heavy atom. The molecule has 0 saturated carbocycles. The van der Waals surface area contributed by atoms with E-state index in [-0.39, 0.29) is 5.97 Å². The molecule has 21 heavy (non-hydrogen) atoms. The lowest BCUT2D eigenvalue weighted by molar-refractivity contribution is 0.0603. The molecule has 0 atom stereocenters. The molecule has 0 aliphatic carbocycles. The fourth-order valence-corrected chi connectivity index (χ4v) is 2.58. The van der Waals surface area contributed by atoms with Crippen molar-refractivity contribution in [3.8, 4) is 11.3 Å². The number of carbonyl (C=O) groups excluding carboxylic acids is 1. The topological polar surface area (TPSA) is 39.2 Å². The van der Waals surface area contributed by atoms with Crippen molar-refractivity contribution in [3.05, 3.63) is 63.7 Å². The van der Waals surface area contributed by atoms with Crippen LogP contribution >= 0.6 is 22.6 Å². The fourth-order valence-electron chi connectivity index (χ4n) is 2.22. The number of hydrogen-bond donors (Lipinski definition) is 0. The number of aromatic nitrogens is 1. The molecule has 3 nitrogen and oxygen atoms in total. The number of benzene rings is 2. The monoisotopic (exact) mass is 389 g/mol. The van der Waals surface area contributed by atoms with Crippen LogP contribution in [0.3, 0.4) is 0 Å². The summed E-state index contributed by atoms with van der Waals surface area (Å²) < 4.78 is 6.04. The third kappa shape index (κ3) is 2.76. The van der Waals surface area contributed by atoms with Crippen molar-refractivity contribution < 1.29 is 9.53 Å². The maximum absolute atomic E-state index is 12.0. The molecule has 1 aromatic heterocycles. The highest BCUT2D eigenvalue weighted by molar-refractivity contribution is 14.1. The minimum atomic E-state index is -0.347. The van der Waals surface area contributed by atoms with Crippen LogP contribution in [0.4, 0.5) is 0 Å². The largest absolute Gasteiger partial charge is 0.465 e. The number of fused-ring (bicyclic) bond motifs is 1. The van der Waals surface area contributed by atoms with E-state index in [4.69, 9.17) is 4.74 Å². The second-order valence-corrected chi connectivity index (χ2v) is 5.82. The summed E-state index contributed by atoms with van der Waals surface area (Å²) in [7, 11) is 1.39. The van der Waals surface area contributed by atoms with E-state index in [9.17, 15) is 4.79 Å². The number of methoxy groups -OCH3 is 1. The molecule has 0 spiro atoms. The average Bonchev–Trinajstić information content (AvgIpc) is 2.53. The maximum atomic E-state index is 12.0. The Bertz CT molecular complexity index is 813. The summed E-state index contributed by atoms with van der Waals surface area (Å²) >= 11 is 2.26. The highest BCUT2D eigenvalue weighted by Crippen LogP contribution is 2.25. The summed E-state index contributed by atoms with van der Waals surface area (Å²) in [6.07, 6.45) is 0. The van der Waals surface area contributed by atoms with Gasteiger partial charge in [-0.25, -0.2) is 9.78 Å². The van der Waals surface area contributed by atoms with E-state index in [0.717, 1.165) is 25.7 Å². The maximum Gasteiger partial charge on any atom is 0.338 e. The van der Waals surface area contributed by atoms with Gasteiger partial charge in [-0.3, -0.25) is 0 Å². The zero-order chi connectivity index (χ0) is 14.8. The fraction of sp³-hybridized carbons (Fsp3) is 0.0588. The summed E-state index contributed by atoms with van der Waals surface area (Å²) in [5.74, 6) is -0.347. The molecule has 0 bridgehead atoms. The molecule has 2 aromatic carbocycles. The van der Waals surface area contributed by atoms with Crippen molar-refractivity contribution in [2.45, 2.75) is 0 Å². The lowest BCUT2D eigenvalue weighted by Crippen LogP contribution is -2.03. The SMILES string of the molecule is COC(=O)c1cc(-c2ccc(I)cc2)nc2ccccc12. The Hall–Kier alpha value is -1.95. The van der Waals surface area contributed by atoms with Crippen LogP contribution in [0.5, 0.6) is 0 Å². The molecule has 3 aromatic rings. The molecule has 0 radical (unpaired) electrons. The van der Waals surface area contributed by atoms with E-state index >= 15 is 0 Å². The van der Waals surface area contributed by atoms with Crippen molar-refractivity contribution >= 4 is 39.5 Å². The van der Waals surface area contributed by atoms with Crippen LogP contribution in [0.15, 0.2) is 54.6 Å². The highest BCUT2D eigenvalue weighted by Gasteiger charge is 2.13. The number of hydrogen-bond acceptors (Lipinski definition) is 3. The van der Waals surface area contributed by atoms with Gasteiger partial charge in [0, 0.05) is 14.5 Å². The van der Waals surface area contributed by atoms with E-state index in [2.05, 4.69) is 27.6 Å². The lowest BCUT2D eigenvalue weighted by atomic mass is 10.0. The van der Waals surface area contributed by atoms with Gasteiger partial charge in [0.15, 0.2) is 0 Å². The van der Waals surface area contributed by atoms with E-state index in [0.29, 0.717) is 5.56 Å². The summed E-state index contributed by atoms with van der Waals surface area (Å²) in [5.41, 5.74) is 3.07. The Morgan fingerprint density at radius 3 is 2.52 bits per heavy atom. The van der Waals surface area contributed by atoms with Crippen LogP contribution < -0.4 is 0 Å². The number of rotatable bonds is 2. The van der Waals surface area contributed by atoms with E-state index in [1.165, 1.54) is 7.11 Å². The second kappa shape index (κ2) is 5.81. The first-order valence-electron chi connectivity index (χ1n) is 6.43. The van der Waals surface area contributed by atoms with Gasteiger partial charge < -0.3 is 4.74 Å². The van der Waals surface area contributed by atoms with Crippen molar-refractivity contribution in [2.24, 2.45) is 0 Å². The van der Waals surface area contributed by atoms with Crippen LogP contribution in [0.25, 0.3) is 22.2 Å². The molecule has 0 N–H and O–H groups in total. The predicted molar refractivity (Wildman–Crippen MR) is 91.2 cm³/mol. The Kier molecular flexibility index (Phi) is 3.88. The van der Waals surface area contributed by atoms with Gasteiger partial charge in [0.1, 0.15) is 0 Å². The standard InChI is InChI=1S/C17H12INO2/c1-21-17(20)14-10-16(11-6-8-12(18)9-7-11)19-15-5-3-2-4-13(14)15/h2-10H,1H3. The lowest BCUT2D eigenvalue weighted by Gasteiger charge is -2.08. The third-order valence-corrected chi connectivity index (χ3v) is 3.98. The van der Waals surface area contributed by atoms with Gasteiger partial charge in [-0.1, -0.05) is 30.3 Å². The molecule has 3 rings (SSSR count). The van der Waals surface area contributed by atoms with Crippen LogP contribution in [0.2, 0.25) is 0 Å². The first-order valence-corrected chi connectivity index (χ1v) is 7.51. The zero-order valence-electron chi connectivity index (χ0n) is 11.3. The molecule has 0 fully saturated rings. The Labute approximate surface area is 136 Å². The second-order valence-electron chi connectivity index (χ2n) is 4.57. The van der Waals surface area contributed by atoms with Crippen molar-refractivity contribution in [3.63, 3.8) is 0 Å². The van der Waals surface area contributed by atoms with Gasteiger partial charge in [0.25, 0.3) is 0 Å². The first-order chi connectivity index (χ1) is 10.2. The molecule has 0 amide bonds. The third-order valence-electron chi connectivity index (χ3n) is 3.26. The summed E-state index contributed by atoms with van der Waals surface area (Å²) in [5, 5.41) is 0.804. The molecule has 0 unspecified atom stereocenters. The van der Waals surface area contributed by atoms with Gasteiger partial charge in [0.05, 0.1) is 23.9 Å². The minimum Gasteiger partial charge on any atom is -0.465 e. The molecule has 0 aliphatic rings. The summed E-state index contributed by atoms with van der Waals surface area (Å²) in [4.78, 5) is 16.7. The number of carbonyl (C=O) groups is 1. The number of pyridine rings is 1. The van der Waals surface area contributed by atoms with Crippen molar-refractivity contribution in [2.75, 3.05) is 7.11 Å². The van der Waals surface area contributed by atoms with E-state index in [1.807, 2.05) is 48.5 Å². The van der Waals surface area contributed by atoms with Crippen LogP contribution in [0, 0.1) is 3.57 Å². The zero-order valence-corrected chi connectivity index (χ0v) is 13.5. The van der Waals surface area contributed by atoms with Crippen molar-refractivity contribution in [1.82, 2.24) is 4.98 Å². The normalized spacial score (nSPS) is 10.6. The van der Waals surface area contributed by atoms with E-state index < -0.39 is 0 Å². The Balaban J connectivity index is 2.25. The summed E-state index contributed by atoms with van der Waals surface area (Å²) in [6, 6.07) is 17.4. The van der Waals surface area contributed by atoms with Crippen molar-refractivity contribution in [1.29, 1.82) is 0 Å². The van der Waals surface area contributed by atoms with Crippen LogP contribution in [-0.2, 0) is 4.74 Å².